The van der Waals surface area contributed by atoms with Crippen molar-refractivity contribution in [2.75, 3.05) is 0 Å². The predicted molar refractivity (Wildman–Crippen MR) is 94.7 cm³/mol. The molecule has 5 nitrogen and oxygen atoms in total. The van der Waals surface area contributed by atoms with E-state index in [4.69, 9.17) is 20.0 Å². The van der Waals surface area contributed by atoms with Crippen LogP contribution in [0.1, 0.15) is 36.5 Å². The first-order valence-electron chi connectivity index (χ1n) is 8.30. The largest absolute Gasteiger partial charge is 0.490 e. The van der Waals surface area contributed by atoms with E-state index in [2.05, 4.69) is 0 Å². The highest BCUT2D eigenvalue weighted by atomic mass is 16.5. The Hall–Kier alpha value is -2.82. The molecule has 3 rings (SSSR count). The SMILES string of the molecule is CC(=N)c1ccc(COc2ccc3c(c2)CCC(CC(=O)O)O3)cc1. The fourth-order valence-corrected chi connectivity index (χ4v) is 2.87. The molecule has 1 heterocycles. The van der Waals surface area contributed by atoms with E-state index in [1.807, 2.05) is 42.5 Å². The molecule has 0 aromatic heterocycles. The summed E-state index contributed by atoms with van der Waals surface area (Å²) in [5.74, 6) is 0.680. The molecule has 1 atom stereocenters. The van der Waals surface area contributed by atoms with E-state index in [-0.39, 0.29) is 12.5 Å². The summed E-state index contributed by atoms with van der Waals surface area (Å²) in [5, 5.41) is 16.5. The lowest BCUT2D eigenvalue weighted by molar-refractivity contribution is -0.139. The fraction of sp³-hybridized carbons (Fsp3) is 0.300. The van der Waals surface area contributed by atoms with Crippen molar-refractivity contribution in [2.45, 2.75) is 38.9 Å². The number of hydrogen-bond donors (Lipinski definition) is 2. The summed E-state index contributed by atoms with van der Waals surface area (Å²) in [6.07, 6.45) is 1.26. The molecule has 0 bridgehead atoms. The van der Waals surface area contributed by atoms with Crippen molar-refractivity contribution in [3.63, 3.8) is 0 Å². The molecule has 1 unspecified atom stereocenters. The van der Waals surface area contributed by atoms with Gasteiger partial charge in [-0.05, 0) is 54.7 Å². The molecular formula is C20H21NO4. The highest BCUT2D eigenvalue weighted by Crippen LogP contribution is 2.32. The summed E-state index contributed by atoms with van der Waals surface area (Å²) in [6, 6.07) is 13.4. The lowest BCUT2D eigenvalue weighted by atomic mass is 10.0. The van der Waals surface area contributed by atoms with E-state index in [1.54, 1.807) is 6.92 Å². The molecule has 0 aliphatic carbocycles. The van der Waals surface area contributed by atoms with Crippen molar-refractivity contribution in [1.82, 2.24) is 0 Å². The standard InChI is InChI=1S/C20H21NO4/c1-13(21)15-4-2-14(3-5-15)12-24-17-8-9-19-16(10-17)6-7-18(25-19)11-20(22)23/h2-5,8-10,18,21H,6-7,11-12H2,1H3,(H,22,23). The highest BCUT2D eigenvalue weighted by Gasteiger charge is 2.22. The lowest BCUT2D eigenvalue weighted by Crippen LogP contribution is -2.25. The number of fused-ring (bicyclic) bond motifs is 1. The number of carbonyl (C=O) groups is 1. The van der Waals surface area contributed by atoms with Gasteiger partial charge in [-0.3, -0.25) is 4.79 Å². The number of ether oxygens (including phenoxy) is 2. The summed E-state index contributed by atoms with van der Waals surface area (Å²) < 4.78 is 11.6. The maximum atomic E-state index is 10.8. The number of rotatable bonds is 6. The van der Waals surface area contributed by atoms with Crippen molar-refractivity contribution in [1.29, 1.82) is 5.41 Å². The summed E-state index contributed by atoms with van der Waals surface area (Å²) in [7, 11) is 0. The van der Waals surface area contributed by atoms with Gasteiger partial charge in [0, 0.05) is 5.71 Å². The van der Waals surface area contributed by atoms with E-state index >= 15 is 0 Å². The Labute approximate surface area is 146 Å². The maximum Gasteiger partial charge on any atom is 0.307 e. The third kappa shape index (κ3) is 4.38. The molecule has 0 spiro atoms. The molecule has 0 saturated heterocycles. The van der Waals surface area contributed by atoms with Gasteiger partial charge in [-0.1, -0.05) is 24.3 Å². The van der Waals surface area contributed by atoms with Crippen molar-refractivity contribution in [3.05, 3.63) is 59.2 Å². The van der Waals surface area contributed by atoms with Gasteiger partial charge in [0.15, 0.2) is 0 Å². The lowest BCUT2D eigenvalue weighted by Gasteiger charge is -2.25. The van der Waals surface area contributed by atoms with Crippen LogP contribution in [0.15, 0.2) is 42.5 Å². The first kappa shape index (κ1) is 17.0. The van der Waals surface area contributed by atoms with Crippen molar-refractivity contribution >= 4 is 11.7 Å². The van der Waals surface area contributed by atoms with Crippen molar-refractivity contribution < 1.29 is 19.4 Å². The number of aliphatic carboxylic acids is 1. The van der Waals surface area contributed by atoms with Gasteiger partial charge in [0.1, 0.15) is 24.2 Å². The Morgan fingerprint density at radius 3 is 2.72 bits per heavy atom. The average Bonchev–Trinajstić information content (AvgIpc) is 2.59. The molecule has 0 radical (unpaired) electrons. The second-order valence-electron chi connectivity index (χ2n) is 6.26. The maximum absolute atomic E-state index is 10.8. The van der Waals surface area contributed by atoms with Crippen LogP contribution in [0, 0.1) is 5.41 Å². The molecule has 1 aliphatic heterocycles. The molecule has 0 amide bonds. The summed E-state index contributed by atoms with van der Waals surface area (Å²) in [5.41, 5.74) is 3.54. The summed E-state index contributed by atoms with van der Waals surface area (Å²) in [4.78, 5) is 10.8. The van der Waals surface area contributed by atoms with E-state index in [0.29, 0.717) is 18.7 Å². The molecule has 0 fully saturated rings. The van der Waals surface area contributed by atoms with Gasteiger partial charge in [0.2, 0.25) is 0 Å². The number of carboxylic acid groups (broad SMARTS) is 1. The number of hydrogen-bond acceptors (Lipinski definition) is 4. The first-order chi connectivity index (χ1) is 12.0. The molecule has 2 N–H and O–H groups in total. The Balaban J connectivity index is 1.61. The number of aryl methyl sites for hydroxylation is 1. The molecule has 5 heteroatoms. The highest BCUT2D eigenvalue weighted by molar-refractivity contribution is 5.96. The van der Waals surface area contributed by atoms with Crippen LogP contribution in [-0.4, -0.2) is 22.9 Å². The van der Waals surface area contributed by atoms with E-state index in [9.17, 15) is 4.79 Å². The third-order valence-corrected chi connectivity index (χ3v) is 4.26. The van der Waals surface area contributed by atoms with Crippen LogP contribution in [0.5, 0.6) is 11.5 Å². The fourth-order valence-electron chi connectivity index (χ4n) is 2.87. The Morgan fingerprint density at radius 2 is 2.04 bits per heavy atom. The Kier molecular flexibility index (Phi) is 5.03. The van der Waals surface area contributed by atoms with Gasteiger partial charge in [-0.25, -0.2) is 0 Å². The average molecular weight is 339 g/mol. The van der Waals surface area contributed by atoms with Crippen LogP contribution in [-0.2, 0) is 17.8 Å². The first-order valence-corrected chi connectivity index (χ1v) is 8.30. The van der Waals surface area contributed by atoms with Gasteiger partial charge in [-0.2, -0.15) is 0 Å². The van der Waals surface area contributed by atoms with Gasteiger partial charge in [0.25, 0.3) is 0 Å². The molecule has 2 aromatic rings. The zero-order chi connectivity index (χ0) is 17.8. The van der Waals surface area contributed by atoms with Crippen LogP contribution >= 0.6 is 0 Å². The van der Waals surface area contributed by atoms with Crippen LogP contribution in [0.3, 0.4) is 0 Å². The second-order valence-corrected chi connectivity index (χ2v) is 6.26. The van der Waals surface area contributed by atoms with Crippen LogP contribution in [0.4, 0.5) is 0 Å². The van der Waals surface area contributed by atoms with Gasteiger partial charge >= 0.3 is 5.97 Å². The minimum atomic E-state index is -0.836. The topological polar surface area (TPSA) is 79.6 Å². The van der Waals surface area contributed by atoms with E-state index < -0.39 is 5.97 Å². The molecule has 130 valence electrons. The van der Waals surface area contributed by atoms with Gasteiger partial charge < -0.3 is 20.0 Å². The molecule has 1 aliphatic rings. The zero-order valence-electron chi connectivity index (χ0n) is 14.1. The molecular weight excluding hydrogens is 318 g/mol. The second kappa shape index (κ2) is 7.38. The summed E-state index contributed by atoms with van der Waals surface area (Å²) >= 11 is 0. The van der Waals surface area contributed by atoms with Gasteiger partial charge in [-0.15, -0.1) is 0 Å². The molecule has 25 heavy (non-hydrogen) atoms. The minimum absolute atomic E-state index is 0.0307. The zero-order valence-corrected chi connectivity index (χ0v) is 14.1. The Morgan fingerprint density at radius 1 is 1.28 bits per heavy atom. The number of nitrogens with one attached hydrogen (secondary N) is 1. The molecule has 0 saturated carbocycles. The van der Waals surface area contributed by atoms with Crippen LogP contribution in [0.2, 0.25) is 0 Å². The minimum Gasteiger partial charge on any atom is -0.490 e. The number of carboxylic acids is 1. The van der Waals surface area contributed by atoms with Crippen LogP contribution < -0.4 is 9.47 Å². The van der Waals surface area contributed by atoms with Crippen molar-refractivity contribution in [3.8, 4) is 11.5 Å². The van der Waals surface area contributed by atoms with Gasteiger partial charge in [0.05, 0.1) is 6.42 Å². The Bertz CT molecular complexity index is 783. The predicted octanol–water partition coefficient (Wildman–Crippen LogP) is 3.82. The third-order valence-electron chi connectivity index (χ3n) is 4.26. The van der Waals surface area contributed by atoms with Crippen LogP contribution in [0.25, 0.3) is 0 Å². The summed E-state index contributed by atoms with van der Waals surface area (Å²) in [6.45, 7) is 2.22. The van der Waals surface area contributed by atoms with Crippen molar-refractivity contribution in [2.24, 2.45) is 0 Å². The smallest absolute Gasteiger partial charge is 0.307 e. The van der Waals surface area contributed by atoms with E-state index in [1.165, 1.54) is 0 Å². The molecule has 2 aromatic carbocycles. The number of benzene rings is 2. The van der Waals surface area contributed by atoms with E-state index in [0.717, 1.165) is 34.6 Å². The quantitative estimate of drug-likeness (QED) is 0.784. The normalized spacial score (nSPS) is 15.8. The monoisotopic (exact) mass is 339 g/mol.